The summed E-state index contributed by atoms with van der Waals surface area (Å²) in [5.41, 5.74) is 4.05. The Bertz CT molecular complexity index is 791. The zero-order valence-electron chi connectivity index (χ0n) is 11.1. The van der Waals surface area contributed by atoms with Gasteiger partial charge in [0.25, 0.3) is 0 Å². The van der Waals surface area contributed by atoms with Crippen molar-refractivity contribution >= 4 is 26.7 Å². The van der Waals surface area contributed by atoms with Crippen molar-refractivity contribution < 1.29 is 4.39 Å². The smallest absolute Gasteiger partial charge is 0.146 e. The number of hydrazine groups is 1. The Kier molecular flexibility index (Phi) is 3.96. The van der Waals surface area contributed by atoms with E-state index in [-0.39, 0.29) is 5.82 Å². The first kappa shape index (κ1) is 14.1. The molecule has 0 saturated carbocycles. The van der Waals surface area contributed by atoms with Gasteiger partial charge >= 0.3 is 0 Å². The molecule has 0 amide bonds. The lowest BCUT2D eigenvalue weighted by Gasteiger charge is -2.18. The van der Waals surface area contributed by atoms with Crippen LogP contribution in [-0.4, -0.2) is 4.98 Å². The van der Waals surface area contributed by atoms with Crippen LogP contribution in [0.5, 0.6) is 0 Å². The molecule has 5 heteroatoms. The van der Waals surface area contributed by atoms with Gasteiger partial charge in [-0.2, -0.15) is 0 Å². The lowest BCUT2D eigenvalue weighted by molar-refractivity contribution is 0.556. The summed E-state index contributed by atoms with van der Waals surface area (Å²) in [6.07, 6.45) is 2.75. The van der Waals surface area contributed by atoms with Crippen LogP contribution in [0.1, 0.15) is 17.2 Å². The van der Waals surface area contributed by atoms with Gasteiger partial charge in [0.2, 0.25) is 0 Å². The third-order valence-corrected chi connectivity index (χ3v) is 3.93. The van der Waals surface area contributed by atoms with Gasteiger partial charge in [0.1, 0.15) is 5.82 Å². The Morgan fingerprint density at radius 3 is 2.62 bits per heavy atom. The summed E-state index contributed by atoms with van der Waals surface area (Å²) in [5, 5.41) is 2.18. The third-order valence-electron chi connectivity index (χ3n) is 3.44. The number of hydrogen-bond donors (Lipinski definition) is 2. The van der Waals surface area contributed by atoms with Crippen LogP contribution in [0.2, 0.25) is 0 Å². The van der Waals surface area contributed by atoms with Crippen molar-refractivity contribution in [1.82, 2.24) is 10.4 Å². The molecule has 0 aliphatic carbocycles. The average Bonchev–Trinajstić information content (AvgIpc) is 2.50. The van der Waals surface area contributed by atoms with Gasteiger partial charge in [-0.15, -0.1) is 0 Å². The predicted molar refractivity (Wildman–Crippen MR) is 85.0 cm³/mol. The van der Waals surface area contributed by atoms with Crippen LogP contribution in [0.4, 0.5) is 4.39 Å². The van der Waals surface area contributed by atoms with Gasteiger partial charge < -0.3 is 0 Å². The number of fused-ring (bicyclic) bond motifs is 1. The van der Waals surface area contributed by atoms with Crippen LogP contribution >= 0.6 is 15.9 Å². The van der Waals surface area contributed by atoms with Crippen LogP contribution in [0, 0.1) is 5.82 Å². The highest BCUT2D eigenvalue weighted by atomic mass is 79.9. The van der Waals surface area contributed by atoms with Crippen LogP contribution < -0.4 is 11.3 Å². The van der Waals surface area contributed by atoms with E-state index in [0.717, 1.165) is 20.8 Å². The lowest BCUT2D eigenvalue weighted by Crippen LogP contribution is -2.29. The Labute approximate surface area is 130 Å². The number of hydrogen-bond acceptors (Lipinski definition) is 3. The van der Waals surface area contributed by atoms with E-state index < -0.39 is 6.04 Å². The maximum atomic E-state index is 13.9. The van der Waals surface area contributed by atoms with E-state index in [1.165, 1.54) is 6.20 Å². The Hall–Kier alpha value is -1.82. The molecule has 0 spiro atoms. The van der Waals surface area contributed by atoms with E-state index in [4.69, 9.17) is 5.84 Å². The molecule has 3 aromatic rings. The molecule has 21 heavy (non-hydrogen) atoms. The van der Waals surface area contributed by atoms with Gasteiger partial charge in [-0.05, 0) is 40.6 Å². The van der Waals surface area contributed by atoms with E-state index in [1.54, 1.807) is 12.3 Å². The summed E-state index contributed by atoms with van der Waals surface area (Å²) >= 11 is 3.45. The van der Waals surface area contributed by atoms with Crippen LogP contribution in [0.25, 0.3) is 10.8 Å². The second kappa shape index (κ2) is 5.89. The predicted octanol–water partition coefficient (Wildman–Crippen LogP) is 3.69. The first-order chi connectivity index (χ1) is 10.2. The molecule has 0 fully saturated rings. The van der Waals surface area contributed by atoms with Crippen molar-refractivity contribution in [3.8, 4) is 0 Å². The Morgan fingerprint density at radius 1 is 1.10 bits per heavy atom. The molecule has 0 saturated heterocycles. The Balaban J connectivity index is 2.09. The first-order valence-electron chi connectivity index (χ1n) is 6.44. The van der Waals surface area contributed by atoms with E-state index in [1.807, 2.05) is 36.4 Å². The highest BCUT2D eigenvalue weighted by Gasteiger charge is 2.16. The molecule has 2 aromatic carbocycles. The largest absolute Gasteiger partial charge is 0.271 e. The molecule has 0 bridgehead atoms. The van der Waals surface area contributed by atoms with Gasteiger partial charge in [-0.3, -0.25) is 10.8 Å². The molecule has 3 nitrogen and oxygen atoms in total. The number of nitrogens with two attached hydrogens (primary N) is 1. The van der Waals surface area contributed by atoms with E-state index in [9.17, 15) is 4.39 Å². The minimum Gasteiger partial charge on any atom is -0.271 e. The highest BCUT2D eigenvalue weighted by Crippen LogP contribution is 2.27. The number of nitrogens with one attached hydrogen (secondary N) is 1. The van der Waals surface area contributed by atoms with Crippen molar-refractivity contribution in [1.29, 1.82) is 0 Å². The summed E-state index contributed by atoms with van der Waals surface area (Å²) in [6, 6.07) is 13.2. The molecule has 0 aliphatic rings. The fourth-order valence-corrected chi connectivity index (χ4v) is 2.78. The van der Waals surface area contributed by atoms with Crippen molar-refractivity contribution in [2.24, 2.45) is 5.84 Å². The maximum absolute atomic E-state index is 13.9. The monoisotopic (exact) mass is 345 g/mol. The summed E-state index contributed by atoms with van der Waals surface area (Å²) in [6.45, 7) is 0. The number of pyridine rings is 1. The summed E-state index contributed by atoms with van der Waals surface area (Å²) < 4.78 is 14.9. The highest BCUT2D eigenvalue weighted by molar-refractivity contribution is 9.10. The standard InChI is InChI=1S/C16H13BrFN3/c17-13-4-3-10-7-12(2-1-11(10)8-13)16(21-19)14-5-6-20-9-15(14)18/h1-9,16,21H,19H2. The zero-order valence-corrected chi connectivity index (χ0v) is 12.6. The van der Waals surface area contributed by atoms with Crippen LogP contribution in [-0.2, 0) is 0 Å². The number of nitrogens with zero attached hydrogens (tertiary/aromatic N) is 1. The quantitative estimate of drug-likeness (QED) is 0.562. The summed E-state index contributed by atoms with van der Waals surface area (Å²) in [7, 11) is 0. The molecule has 3 N–H and O–H groups in total. The van der Waals surface area contributed by atoms with Gasteiger partial charge in [0, 0.05) is 16.2 Å². The van der Waals surface area contributed by atoms with Gasteiger partial charge in [0.05, 0.1) is 12.2 Å². The molecule has 0 aliphatic heterocycles. The van der Waals surface area contributed by atoms with Gasteiger partial charge in [0.15, 0.2) is 0 Å². The van der Waals surface area contributed by atoms with Crippen LogP contribution in [0.15, 0.2) is 59.3 Å². The second-order valence-electron chi connectivity index (χ2n) is 4.75. The summed E-state index contributed by atoms with van der Waals surface area (Å²) in [5.74, 6) is 5.25. The van der Waals surface area contributed by atoms with Gasteiger partial charge in [-0.1, -0.05) is 34.1 Å². The van der Waals surface area contributed by atoms with Crippen LogP contribution in [0.3, 0.4) is 0 Å². The molecule has 106 valence electrons. The maximum Gasteiger partial charge on any atom is 0.146 e. The molecule has 1 aromatic heterocycles. The van der Waals surface area contributed by atoms with E-state index >= 15 is 0 Å². The molecule has 1 unspecified atom stereocenters. The first-order valence-corrected chi connectivity index (χ1v) is 7.23. The second-order valence-corrected chi connectivity index (χ2v) is 5.66. The normalized spacial score (nSPS) is 12.5. The number of benzene rings is 2. The van der Waals surface area contributed by atoms with Crippen molar-refractivity contribution in [3.63, 3.8) is 0 Å². The van der Waals surface area contributed by atoms with Crippen molar-refractivity contribution in [2.45, 2.75) is 6.04 Å². The molecule has 1 atom stereocenters. The van der Waals surface area contributed by atoms with E-state index in [2.05, 4.69) is 26.3 Å². The Morgan fingerprint density at radius 2 is 1.86 bits per heavy atom. The topological polar surface area (TPSA) is 50.9 Å². The number of aromatic nitrogens is 1. The molecular weight excluding hydrogens is 333 g/mol. The minimum absolute atomic E-state index is 0.378. The molecular formula is C16H13BrFN3. The number of halogens is 2. The number of rotatable bonds is 3. The molecule has 0 radical (unpaired) electrons. The van der Waals surface area contributed by atoms with E-state index in [0.29, 0.717) is 5.56 Å². The fraction of sp³-hybridized carbons (Fsp3) is 0.0625. The molecule has 3 rings (SSSR count). The van der Waals surface area contributed by atoms with Crippen molar-refractivity contribution in [3.05, 3.63) is 76.3 Å². The SMILES string of the molecule is NNC(c1ccc2cc(Br)ccc2c1)c1ccncc1F. The average molecular weight is 346 g/mol. The van der Waals surface area contributed by atoms with Gasteiger partial charge in [-0.25, -0.2) is 9.82 Å². The summed E-state index contributed by atoms with van der Waals surface area (Å²) in [4.78, 5) is 3.77. The lowest BCUT2D eigenvalue weighted by atomic mass is 9.97. The van der Waals surface area contributed by atoms with Crippen molar-refractivity contribution in [2.75, 3.05) is 0 Å². The zero-order chi connectivity index (χ0) is 14.8. The molecule has 1 heterocycles. The minimum atomic E-state index is -0.416. The fourth-order valence-electron chi connectivity index (χ4n) is 2.40. The third kappa shape index (κ3) is 2.81.